The molecule has 1 atom stereocenters. The second-order valence-corrected chi connectivity index (χ2v) is 6.87. The van der Waals surface area contributed by atoms with Gasteiger partial charge in [0.25, 0.3) is 5.69 Å². The fraction of sp³-hybridized carbons (Fsp3) is 0.417. The SMILES string of the molecule is NS(=O)(=O)C1CC(=O)N(c2cc([N+](=O)[O-])ccc2NCCO)C1. The fourth-order valence-corrected chi connectivity index (χ4v) is 3.06. The van der Waals surface area contributed by atoms with Crippen LogP contribution >= 0.6 is 0 Å². The Morgan fingerprint density at radius 1 is 1.48 bits per heavy atom. The Labute approximate surface area is 132 Å². The minimum atomic E-state index is -3.89. The van der Waals surface area contributed by atoms with Crippen molar-refractivity contribution in [2.24, 2.45) is 5.14 Å². The number of hydrogen-bond donors (Lipinski definition) is 3. The monoisotopic (exact) mass is 344 g/mol. The molecule has 4 N–H and O–H groups in total. The molecule has 2 rings (SSSR count). The Bertz CT molecular complexity index is 735. The van der Waals surface area contributed by atoms with Crippen LogP contribution < -0.4 is 15.4 Å². The number of aliphatic hydroxyl groups is 1. The zero-order valence-electron chi connectivity index (χ0n) is 12.0. The molecule has 1 aliphatic heterocycles. The van der Waals surface area contributed by atoms with E-state index in [0.29, 0.717) is 5.69 Å². The third-order valence-corrected chi connectivity index (χ3v) is 4.71. The maximum Gasteiger partial charge on any atom is 0.271 e. The van der Waals surface area contributed by atoms with E-state index in [2.05, 4.69) is 5.32 Å². The molecule has 23 heavy (non-hydrogen) atoms. The third-order valence-electron chi connectivity index (χ3n) is 3.46. The molecule has 0 aromatic heterocycles. The molecule has 1 saturated heterocycles. The van der Waals surface area contributed by atoms with Gasteiger partial charge in [0.05, 0.1) is 22.9 Å². The largest absolute Gasteiger partial charge is 0.395 e. The molecule has 11 heteroatoms. The summed E-state index contributed by atoms with van der Waals surface area (Å²) in [4.78, 5) is 23.6. The highest BCUT2D eigenvalue weighted by Crippen LogP contribution is 2.34. The van der Waals surface area contributed by atoms with E-state index in [9.17, 15) is 23.3 Å². The van der Waals surface area contributed by atoms with Crippen molar-refractivity contribution in [1.82, 2.24) is 0 Å². The van der Waals surface area contributed by atoms with Gasteiger partial charge >= 0.3 is 0 Å². The van der Waals surface area contributed by atoms with E-state index in [1.807, 2.05) is 0 Å². The number of non-ortho nitro benzene ring substituents is 1. The summed E-state index contributed by atoms with van der Waals surface area (Å²) in [5, 5.41) is 26.7. The number of nitrogens with zero attached hydrogens (tertiary/aromatic N) is 2. The summed E-state index contributed by atoms with van der Waals surface area (Å²) in [7, 11) is -3.89. The summed E-state index contributed by atoms with van der Waals surface area (Å²) in [5.41, 5.74) is 0.332. The lowest BCUT2D eigenvalue weighted by molar-refractivity contribution is -0.384. The van der Waals surface area contributed by atoms with Crippen molar-refractivity contribution in [1.29, 1.82) is 0 Å². The summed E-state index contributed by atoms with van der Waals surface area (Å²) in [6.45, 7) is -0.178. The quantitative estimate of drug-likeness (QED) is 0.459. The Balaban J connectivity index is 2.41. The van der Waals surface area contributed by atoms with Crippen LogP contribution in [0.15, 0.2) is 18.2 Å². The van der Waals surface area contributed by atoms with Gasteiger partial charge in [0, 0.05) is 31.6 Å². The number of anilines is 2. The molecule has 0 radical (unpaired) electrons. The molecule has 0 aliphatic carbocycles. The minimum absolute atomic E-state index is 0.172. The van der Waals surface area contributed by atoms with Crippen LogP contribution in [0.2, 0.25) is 0 Å². The first-order valence-corrected chi connectivity index (χ1v) is 8.30. The highest BCUT2D eigenvalue weighted by atomic mass is 32.2. The number of amides is 1. The lowest BCUT2D eigenvalue weighted by Crippen LogP contribution is -2.32. The van der Waals surface area contributed by atoms with Crippen molar-refractivity contribution in [2.75, 3.05) is 29.9 Å². The first kappa shape index (κ1) is 17.1. The minimum Gasteiger partial charge on any atom is -0.395 e. The summed E-state index contributed by atoms with van der Waals surface area (Å²) in [5.74, 6) is -0.489. The van der Waals surface area contributed by atoms with Gasteiger partial charge in [0.2, 0.25) is 15.9 Å². The van der Waals surface area contributed by atoms with Crippen LogP contribution in [0.25, 0.3) is 0 Å². The van der Waals surface area contributed by atoms with Gasteiger partial charge in [-0.25, -0.2) is 13.6 Å². The van der Waals surface area contributed by atoms with Crippen molar-refractivity contribution in [3.05, 3.63) is 28.3 Å². The van der Waals surface area contributed by atoms with Crippen molar-refractivity contribution in [3.8, 4) is 0 Å². The summed E-state index contributed by atoms with van der Waals surface area (Å²) < 4.78 is 22.9. The van der Waals surface area contributed by atoms with E-state index in [0.717, 1.165) is 4.90 Å². The number of nitrogens with one attached hydrogen (secondary N) is 1. The van der Waals surface area contributed by atoms with Crippen molar-refractivity contribution >= 4 is 33.0 Å². The van der Waals surface area contributed by atoms with Gasteiger partial charge in [-0.15, -0.1) is 0 Å². The predicted molar refractivity (Wildman–Crippen MR) is 82.5 cm³/mol. The zero-order valence-corrected chi connectivity index (χ0v) is 12.8. The van der Waals surface area contributed by atoms with Crippen LogP contribution in [0.3, 0.4) is 0 Å². The Hall–Kier alpha value is -2.24. The normalized spacial score (nSPS) is 18.3. The second kappa shape index (κ2) is 6.48. The molecule has 1 fully saturated rings. The van der Waals surface area contributed by atoms with E-state index >= 15 is 0 Å². The van der Waals surface area contributed by atoms with Gasteiger partial charge in [0.15, 0.2) is 0 Å². The Morgan fingerprint density at radius 3 is 2.70 bits per heavy atom. The molecule has 1 heterocycles. The summed E-state index contributed by atoms with van der Waals surface area (Å²) >= 11 is 0. The van der Waals surface area contributed by atoms with E-state index in [-0.39, 0.29) is 37.5 Å². The summed E-state index contributed by atoms with van der Waals surface area (Å²) in [6, 6.07) is 3.84. The average molecular weight is 344 g/mol. The molecule has 1 unspecified atom stereocenters. The number of sulfonamides is 1. The molecular weight excluding hydrogens is 328 g/mol. The molecule has 0 spiro atoms. The first-order valence-electron chi connectivity index (χ1n) is 6.69. The number of carbonyl (C=O) groups is 1. The zero-order chi connectivity index (χ0) is 17.2. The molecule has 10 nitrogen and oxygen atoms in total. The summed E-state index contributed by atoms with van der Waals surface area (Å²) in [6.07, 6.45) is -0.277. The number of benzene rings is 1. The van der Waals surface area contributed by atoms with E-state index in [1.165, 1.54) is 18.2 Å². The number of nitro benzene ring substituents is 1. The molecular formula is C12H16N4O6S. The predicted octanol–water partition coefficient (Wildman–Crippen LogP) is -0.607. The average Bonchev–Trinajstić information content (AvgIpc) is 2.86. The van der Waals surface area contributed by atoms with Gasteiger partial charge in [-0.2, -0.15) is 0 Å². The fourth-order valence-electron chi connectivity index (χ4n) is 2.32. The van der Waals surface area contributed by atoms with E-state index < -0.39 is 26.1 Å². The van der Waals surface area contributed by atoms with Crippen LogP contribution in [0.4, 0.5) is 17.1 Å². The first-order chi connectivity index (χ1) is 10.7. The van der Waals surface area contributed by atoms with Gasteiger partial charge < -0.3 is 15.3 Å². The van der Waals surface area contributed by atoms with Crippen molar-refractivity contribution in [3.63, 3.8) is 0 Å². The van der Waals surface area contributed by atoms with Crippen LogP contribution in [0.5, 0.6) is 0 Å². The number of carbonyl (C=O) groups excluding carboxylic acids is 1. The number of rotatable bonds is 6. The lowest BCUT2D eigenvalue weighted by Gasteiger charge is -2.20. The van der Waals surface area contributed by atoms with Crippen LogP contribution in [0, 0.1) is 10.1 Å². The smallest absolute Gasteiger partial charge is 0.271 e. The number of aliphatic hydroxyl groups excluding tert-OH is 1. The Morgan fingerprint density at radius 2 is 2.17 bits per heavy atom. The topological polar surface area (TPSA) is 156 Å². The lowest BCUT2D eigenvalue weighted by atomic mass is 10.2. The van der Waals surface area contributed by atoms with Crippen LogP contribution in [-0.2, 0) is 14.8 Å². The molecule has 0 saturated carbocycles. The van der Waals surface area contributed by atoms with E-state index in [4.69, 9.17) is 10.2 Å². The number of nitro groups is 1. The van der Waals surface area contributed by atoms with Gasteiger partial charge in [-0.3, -0.25) is 14.9 Å². The van der Waals surface area contributed by atoms with Gasteiger partial charge in [-0.05, 0) is 6.07 Å². The van der Waals surface area contributed by atoms with Crippen LogP contribution in [0.1, 0.15) is 6.42 Å². The van der Waals surface area contributed by atoms with Crippen LogP contribution in [-0.4, -0.2) is 49.3 Å². The highest BCUT2D eigenvalue weighted by molar-refractivity contribution is 7.89. The highest BCUT2D eigenvalue weighted by Gasteiger charge is 2.38. The molecule has 1 aromatic rings. The van der Waals surface area contributed by atoms with Gasteiger partial charge in [0.1, 0.15) is 5.25 Å². The van der Waals surface area contributed by atoms with Crippen molar-refractivity contribution in [2.45, 2.75) is 11.7 Å². The number of hydrogen-bond acceptors (Lipinski definition) is 7. The standard InChI is InChI=1S/C12H16N4O6S/c13-23(21,22)9-6-12(18)15(7-9)11-5-8(16(19)20)1-2-10(11)14-3-4-17/h1-2,5,9,14,17H,3-4,6-7H2,(H2,13,21,22). The number of primary sulfonamides is 1. The second-order valence-electron chi connectivity index (χ2n) is 5.03. The third kappa shape index (κ3) is 3.75. The van der Waals surface area contributed by atoms with Gasteiger partial charge in [-0.1, -0.05) is 0 Å². The number of nitrogens with two attached hydrogens (primary N) is 1. The molecule has 1 amide bonds. The maximum absolute atomic E-state index is 12.1. The molecule has 1 aromatic carbocycles. The van der Waals surface area contributed by atoms with Crippen molar-refractivity contribution < 1.29 is 23.2 Å². The molecule has 126 valence electrons. The molecule has 0 bridgehead atoms. The maximum atomic E-state index is 12.1. The molecule has 1 aliphatic rings. The Kier molecular flexibility index (Phi) is 4.82. The van der Waals surface area contributed by atoms with E-state index in [1.54, 1.807) is 0 Å².